The standard InChI is InChI=1S/C19H19F2N3O2/c1-11-8-14-16(9-22-19(14)25)23-18(11)24-7-6-17(15(21)10-24)26-13-4-2-12(20)3-5-13/h2-5,8,15,17H,6-7,9-10H2,1H3,(H,22,25)/t15-,17+/m0/s1. The number of piperidine rings is 1. The minimum Gasteiger partial charge on any atom is -0.487 e. The zero-order valence-electron chi connectivity index (χ0n) is 14.3. The molecule has 0 bridgehead atoms. The number of benzene rings is 1. The van der Waals surface area contributed by atoms with Gasteiger partial charge in [0.15, 0.2) is 6.17 Å². The van der Waals surface area contributed by atoms with Crippen LogP contribution in [0.5, 0.6) is 5.75 Å². The van der Waals surface area contributed by atoms with Crippen LogP contribution in [-0.2, 0) is 6.54 Å². The van der Waals surface area contributed by atoms with E-state index in [1.807, 2.05) is 17.9 Å². The summed E-state index contributed by atoms with van der Waals surface area (Å²) >= 11 is 0. The van der Waals surface area contributed by atoms with Crippen LogP contribution in [0.4, 0.5) is 14.6 Å². The number of halogens is 2. The van der Waals surface area contributed by atoms with E-state index in [1.165, 1.54) is 24.3 Å². The van der Waals surface area contributed by atoms with Crippen molar-refractivity contribution < 1.29 is 18.3 Å². The molecule has 2 aromatic rings. The van der Waals surface area contributed by atoms with Crippen molar-refractivity contribution in [1.29, 1.82) is 0 Å². The van der Waals surface area contributed by atoms with Crippen LogP contribution in [0.2, 0.25) is 0 Å². The lowest BCUT2D eigenvalue weighted by Gasteiger charge is -2.36. The van der Waals surface area contributed by atoms with Crippen LogP contribution in [-0.4, -0.2) is 36.3 Å². The maximum Gasteiger partial charge on any atom is 0.253 e. The summed E-state index contributed by atoms with van der Waals surface area (Å²) in [6, 6.07) is 7.42. The van der Waals surface area contributed by atoms with Gasteiger partial charge in [-0.15, -0.1) is 0 Å². The van der Waals surface area contributed by atoms with Crippen LogP contribution in [0.1, 0.15) is 28.0 Å². The molecule has 2 aliphatic rings. The minimum atomic E-state index is -1.19. The summed E-state index contributed by atoms with van der Waals surface area (Å²) in [5.41, 5.74) is 2.15. The molecule has 0 spiro atoms. The number of rotatable bonds is 3. The lowest BCUT2D eigenvalue weighted by Crippen LogP contribution is -2.47. The Kier molecular flexibility index (Phi) is 4.22. The molecule has 26 heavy (non-hydrogen) atoms. The molecule has 2 atom stereocenters. The molecule has 1 amide bonds. The molecule has 1 saturated heterocycles. The van der Waals surface area contributed by atoms with Gasteiger partial charge in [-0.05, 0) is 42.8 Å². The van der Waals surface area contributed by atoms with E-state index in [4.69, 9.17) is 4.74 Å². The second kappa shape index (κ2) is 6.55. The summed E-state index contributed by atoms with van der Waals surface area (Å²) in [4.78, 5) is 18.2. The van der Waals surface area contributed by atoms with Gasteiger partial charge >= 0.3 is 0 Å². The first-order valence-corrected chi connectivity index (χ1v) is 8.61. The number of amides is 1. The highest BCUT2D eigenvalue weighted by Crippen LogP contribution is 2.28. The van der Waals surface area contributed by atoms with E-state index in [0.717, 1.165) is 5.56 Å². The maximum absolute atomic E-state index is 14.7. The lowest BCUT2D eigenvalue weighted by atomic mass is 10.0. The van der Waals surface area contributed by atoms with Crippen molar-refractivity contribution in [2.24, 2.45) is 0 Å². The number of aromatic nitrogens is 1. The normalized spacial score (nSPS) is 22.1. The number of alkyl halides is 1. The molecule has 3 heterocycles. The van der Waals surface area contributed by atoms with Crippen molar-refractivity contribution in [3.8, 4) is 5.75 Å². The molecule has 0 aliphatic carbocycles. The molecule has 1 N–H and O–H groups in total. The van der Waals surface area contributed by atoms with Gasteiger partial charge in [0.2, 0.25) is 0 Å². The van der Waals surface area contributed by atoms with Crippen LogP contribution in [0.3, 0.4) is 0 Å². The van der Waals surface area contributed by atoms with Gasteiger partial charge in [-0.2, -0.15) is 0 Å². The highest BCUT2D eigenvalue weighted by atomic mass is 19.1. The Bertz CT molecular complexity index is 841. The van der Waals surface area contributed by atoms with E-state index < -0.39 is 12.3 Å². The van der Waals surface area contributed by atoms with Gasteiger partial charge in [-0.1, -0.05) is 0 Å². The predicted molar refractivity (Wildman–Crippen MR) is 92.7 cm³/mol. The van der Waals surface area contributed by atoms with Gasteiger partial charge in [-0.25, -0.2) is 13.8 Å². The van der Waals surface area contributed by atoms with E-state index in [2.05, 4.69) is 10.3 Å². The van der Waals surface area contributed by atoms with Crippen LogP contribution in [0.15, 0.2) is 30.3 Å². The molecule has 5 nitrogen and oxygen atoms in total. The second-order valence-corrected chi connectivity index (χ2v) is 6.67. The van der Waals surface area contributed by atoms with Gasteiger partial charge in [-0.3, -0.25) is 4.79 Å². The van der Waals surface area contributed by atoms with E-state index in [0.29, 0.717) is 42.3 Å². The summed E-state index contributed by atoms with van der Waals surface area (Å²) < 4.78 is 33.3. The Hall–Kier alpha value is -2.70. The van der Waals surface area contributed by atoms with Crippen molar-refractivity contribution in [3.63, 3.8) is 0 Å². The molecule has 0 saturated carbocycles. The number of ether oxygens (including phenoxy) is 1. The first-order valence-electron chi connectivity index (χ1n) is 8.61. The minimum absolute atomic E-state index is 0.114. The molecule has 1 aromatic carbocycles. The van der Waals surface area contributed by atoms with Gasteiger partial charge in [0.25, 0.3) is 5.91 Å². The molecular weight excluding hydrogens is 340 g/mol. The summed E-state index contributed by atoms with van der Waals surface area (Å²) in [6.07, 6.45) is -1.27. The molecule has 1 fully saturated rings. The van der Waals surface area contributed by atoms with Gasteiger partial charge in [0.05, 0.1) is 24.3 Å². The van der Waals surface area contributed by atoms with Crippen LogP contribution < -0.4 is 15.0 Å². The largest absolute Gasteiger partial charge is 0.487 e. The zero-order chi connectivity index (χ0) is 18.3. The predicted octanol–water partition coefficient (Wildman–Crippen LogP) is 2.77. The Morgan fingerprint density at radius 2 is 2.08 bits per heavy atom. The SMILES string of the molecule is Cc1cc2c(nc1N1CC[C@@H](Oc3ccc(F)cc3)[C@@H](F)C1)CNC2=O. The van der Waals surface area contributed by atoms with Crippen LogP contribution in [0.25, 0.3) is 0 Å². The van der Waals surface area contributed by atoms with E-state index in [9.17, 15) is 13.6 Å². The fraction of sp³-hybridized carbons (Fsp3) is 0.368. The third-order valence-corrected chi connectivity index (χ3v) is 4.81. The number of anilines is 1. The van der Waals surface area contributed by atoms with Crippen molar-refractivity contribution in [1.82, 2.24) is 10.3 Å². The molecule has 0 radical (unpaired) electrons. The van der Waals surface area contributed by atoms with Gasteiger partial charge in [0, 0.05) is 13.0 Å². The molecule has 136 valence electrons. The Morgan fingerprint density at radius 1 is 1.31 bits per heavy atom. The van der Waals surface area contributed by atoms with Crippen molar-refractivity contribution in [3.05, 3.63) is 53.0 Å². The van der Waals surface area contributed by atoms with Crippen LogP contribution >= 0.6 is 0 Å². The third-order valence-electron chi connectivity index (χ3n) is 4.81. The zero-order valence-corrected chi connectivity index (χ0v) is 14.3. The monoisotopic (exact) mass is 359 g/mol. The number of nitrogens with zero attached hydrogens (tertiary/aromatic N) is 2. The number of hydrogen-bond acceptors (Lipinski definition) is 4. The van der Waals surface area contributed by atoms with Crippen LogP contribution in [0, 0.1) is 12.7 Å². The molecule has 2 aliphatic heterocycles. The van der Waals surface area contributed by atoms with E-state index in [-0.39, 0.29) is 18.3 Å². The quantitative estimate of drug-likeness (QED) is 0.916. The van der Waals surface area contributed by atoms with Crippen molar-refractivity contribution in [2.75, 3.05) is 18.0 Å². The smallest absolute Gasteiger partial charge is 0.253 e. The second-order valence-electron chi connectivity index (χ2n) is 6.67. The van der Waals surface area contributed by atoms with Gasteiger partial charge in [0.1, 0.15) is 23.5 Å². The average molecular weight is 359 g/mol. The number of hydrogen-bond donors (Lipinski definition) is 1. The summed E-state index contributed by atoms with van der Waals surface area (Å²) in [5.74, 6) is 0.707. The fourth-order valence-electron chi connectivity index (χ4n) is 3.45. The van der Waals surface area contributed by atoms with Crippen molar-refractivity contribution in [2.45, 2.75) is 32.2 Å². The summed E-state index contributed by atoms with van der Waals surface area (Å²) in [5, 5.41) is 2.75. The Balaban J connectivity index is 1.47. The number of fused-ring (bicyclic) bond motifs is 1. The van der Waals surface area contributed by atoms with E-state index in [1.54, 1.807) is 0 Å². The van der Waals surface area contributed by atoms with E-state index >= 15 is 0 Å². The number of nitrogens with one attached hydrogen (secondary N) is 1. The first-order chi connectivity index (χ1) is 12.5. The summed E-state index contributed by atoms with van der Waals surface area (Å²) in [6.45, 7) is 3.05. The number of carbonyl (C=O) groups excluding carboxylic acids is 1. The highest BCUT2D eigenvalue weighted by molar-refractivity contribution is 5.98. The number of carbonyl (C=O) groups is 1. The number of pyridine rings is 1. The first kappa shape index (κ1) is 16.8. The fourth-order valence-corrected chi connectivity index (χ4v) is 3.45. The van der Waals surface area contributed by atoms with Crippen molar-refractivity contribution >= 4 is 11.7 Å². The Labute approximate surface area is 150 Å². The van der Waals surface area contributed by atoms with Gasteiger partial charge < -0.3 is 15.0 Å². The summed E-state index contributed by atoms with van der Waals surface area (Å²) in [7, 11) is 0. The maximum atomic E-state index is 14.7. The molecular formula is C19H19F2N3O2. The molecule has 0 unspecified atom stereocenters. The molecule has 7 heteroatoms. The highest BCUT2D eigenvalue weighted by Gasteiger charge is 2.33. The Morgan fingerprint density at radius 3 is 2.81 bits per heavy atom. The molecule has 1 aromatic heterocycles. The topological polar surface area (TPSA) is 54.5 Å². The molecule has 4 rings (SSSR count). The lowest BCUT2D eigenvalue weighted by molar-refractivity contribution is 0.0818. The average Bonchev–Trinajstić information content (AvgIpc) is 2.98. The third kappa shape index (κ3) is 3.09. The number of aryl methyl sites for hydroxylation is 1.